The van der Waals surface area contributed by atoms with E-state index in [9.17, 15) is 13.2 Å². The van der Waals surface area contributed by atoms with Crippen molar-refractivity contribution in [2.75, 3.05) is 13.1 Å². The van der Waals surface area contributed by atoms with E-state index in [1.807, 2.05) is 6.92 Å². The Balaban J connectivity index is 3.07. The van der Waals surface area contributed by atoms with E-state index in [4.69, 9.17) is 5.11 Å². The lowest BCUT2D eigenvalue weighted by molar-refractivity contribution is 0.0702. The van der Waals surface area contributed by atoms with Crippen LogP contribution in [0.25, 0.3) is 0 Å². The Labute approximate surface area is 105 Å². The highest BCUT2D eigenvalue weighted by molar-refractivity contribution is 7.89. The molecule has 0 saturated carbocycles. The fraction of sp³-hybridized carbons (Fsp3) is 0.500. The van der Waals surface area contributed by atoms with Crippen molar-refractivity contribution in [3.63, 3.8) is 0 Å². The fourth-order valence-corrected chi connectivity index (χ4v) is 4.05. The molecule has 0 aliphatic heterocycles. The van der Waals surface area contributed by atoms with Crippen LogP contribution >= 0.6 is 11.3 Å². The van der Waals surface area contributed by atoms with E-state index in [0.717, 1.165) is 17.8 Å². The van der Waals surface area contributed by atoms with Gasteiger partial charge in [-0.15, -0.1) is 11.3 Å². The first kappa shape index (κ1) is 14.1. The van der Waals surface area contributed by atoms with E-state index in [-0.39, 0.29) is 9.77 Å². The van der Waals surface area contributed by atoms with Gasteiger partial charge in [-0.25, -0.2) is 13.2 Å². The summed E-state index contributed by atoms with van der Waals surface area (Å²) < 4.78 is 25.6. The van der Waals surface area contributed by atoms with E-state index in [0.29, 0.717) is 13.1 Å². The molecule has 1 rings (SSSR count). The molecule has 1 N–H and O–H groups in total. The van der Waals surface area contributed by atoms with Crippen LogP contribution in [0.4, 0.5) is 0 Å². The van der Waals surface area contributed by atoms with Crippen LogP contribution in [0, 0.1) is 0 Å². The minimum absolute atomic E-state index is 0.0381. The molecule has 0 bridgehead atoms. The highest BCUT2D eigenvalue weighted by Gasteiger charge is 2.24. The van der Waals surface area contributed by atoms with Gasteiger partial charge in [-0.05, 0) is 12.5 Å². The third kappa shape index (κ3) is 3.05. The number of carboxylic acids is 1. The van der Waals surface area contributed by atoms with Gasteiger partial charge in [0.2, 0.25) is 10.0 Å². The molecule has 0 aliphatic rings. The Morgan fingerprint density at radius 1 is 1.47 bits per heavy atom. The average Bonchev–Trinajstić information content (AvgIpc) is 2.75. The van der Waals surface area contributed by atoms with Gasteiger partial charge in [0.05, 0.1) is 4.90 Å². The molecule has 0 atom stereocenters. The SMILES string of the molecule is CCCN(CC)S(=O)(=O)c1csc(C(=O)O)c1. The summed E-state index contributed by atoms with van der Waals surface area (Å²) in [4.78, 5) is 10.8. The predicted molar refractivity (Wildman–Crippen MR) is 66.0 cm³/mol. The van der Waals surface area contributed by atoms with Crippen LogP contribution in [-0.4, -0.2) is 36.9 Å². The lowest BCUT2D eigenvalue weighted by Crippen LogP contribution is -2.31. The fourth-order valence-electron chi connectivity index (χ4n) is 1.41. The number of hydrogen-bond donors (Lipinski definition) is 1. The topological polar surface area (TPSA) is 74.7 Å². The lowest BCUT2D eigenvalue weighted by Gasteiger charge is -2.18. The minimum atomic E-state index is -3.55. The van der Waals surface area contributed by atoms with Crippen LogP contribution in [0.1, 0.15) is 29.9 Å². The summed E-state index contributed by atoms with van der Waals surface area (Å²) in [5.41, 5.74) is 0. The molecular formula is C10H15NO4S2. The molecule has 17 heavy (non-hydrogen) atoms. The summed E-state index contributed by atoms with van der Waals surface area (Å²) in [5, 5.41) is 10.1. The maximum absolute atomic E-state index is 12.1. The highest BCUT2D eigenvalue weighted by atomic mass is 32.2. The van der Waals surface area contributed by atoms with Crippen molar-refractivity contribution in [2.24, 2.45) is 0 Å². The zero-order valence-electron chi connectivity index (χ0n) is 9.71. The molecule has 0 fully saturated rings. The second kappa shape index (κ2) is 5.61. The van der Waals surface area contributed by atoms with Crippen LogP contribution in [0.3, 0.4) is 0 Å². The van der Waals surface area contributed by atoms with Crippen molar-refractivity contribution in [1.82, 2.24) is 4.31 Å². The van der Waals surface area contributed by atoms with Crippen molar-refractivity contribution >= 4 is 27.3 Å². The first-order valence-electron chi connectivity index (χ1n) is 5.25. The van der Waals surface area contributed by atoms with Gasteiger partial charge < -0.3 is 5.11 Å². The van der Waals surface area contributed by atoms with Crippen molar-refractivity contribution in [3.05, 3.63) is 16.3 Å². The van der Waals surface area contributed by atoms with Crippen LogP contribution in [0.2, 0.25) is 0 Å². The quantitative estimate of drug-likeness (QED) is 0.861. The Bertz CT molecular complexity index is 492. The summed E-state index contributed by atoms with van der Waals surface area (Å²) in [7, 11) is -3.55. The Morgan fingerprint density at radius 2 is 2.12 bits per heavy atom. The third-order valence-corrected chi connectivity index (χ3v) is 5.27. The molecule has 0 saturated heterocycles. The smallest absolute Gasteiger partial charge is 0.345 e. The standard InChI is InChI=1S/C10H15NO4S2/c1-3-5-11(4-2)17(14,15)8-6-9(10(12)13)16-7-8/h6-7H,3-5H2,1-2H3,(H,12,13). The second-order valence-corrected chi connectivity index (χ2v) is 6.30. The number of carboxylic acid groups (broad SMARTS) is 1. The van der Waals surface area contributed by atoms with Crippen LogP contribution in [-0.2, 0) is 10.0 Å². The van der Waals surface area contributed by atoms with Crippen molar-refractivity contribution in [3.8, 4) is 0 Å². The van der Waals surface area contributed by atoms with Crippen LogP contribution in [0.5, 0.6) is 0 Å². The summed E-state index contributed by atoms with van der Waals surface area (Å²) in [6, 6.07) is 1.21. The minimum Gasteiger partial charge on any atom is -0.477 e. The average molecular weight is 277 g/mol. The van der Waals surface area contributed by atoms with E-state index in [1.165, 1.54) is 15.8 Å². The predicted octanol–water partition coefficient (Wildman–Crippen LogP) is 1.87. The van der Waals surface area contributed by atoms with Crippen molar-refractivity contribution in [1.29, 1.82) is 0 Å². The van der Waals surface area contributed by atoms with E-state index in [1.54, 1.807) is 6.92 Å². The maximum Gasteiger partial charge on any atom is 0.345 e. The number of nitrogens with zero attached hydrogens (tertiary/aromatic N) is 1. The molecule has 0 aromatic carbocycles. The summed E-state index contributed by atoms with van der Waals surface area (Å²) in [5.74, 6) is -1.10. The Hall–Kier alpha value is -0.920. The Morgan fingerprint density at radius 3 is 2.53 bits per heavy atom. The molecule has 0 spiro atoms. The van der Waals surface area contributed by atoms with E-state index in [2.05, 4.69) is 0 Å². The first-order valence-corrected chi connectivity index (χ1v) is 7.57. The van der Waals surface area contributed by atoms with Gasteiger partial charge in [-0.2, -0.15) is 4.31 Å². The van der Waals surface area contributed by atoms with Gasteiger partial charge in [-0.1, -0.05) is 13.8 Å². The molecule has 0 unspecified atom stereocenters. The Kier molecular flexibility index (Phi) is 4.67. The monoisotopic (exact) mass is 277 g/mol. The molecule has 1 aromatic heterocycles. The normalized spacial score (nSPS) is 11.9. The molecule has 96 valence electrons. The second-order valence-electron chi connectivity index (χ2n) is 3.45. The van der Waals surface area contributed by atoms with Gasteiger partial charge in [-0.3, -0.25) is 0 Å². The van der Waals surface area contributed by atoms with Gasteiger partial charge in [0.15, 0.2) is 0 Å². The number of rotatable bonds is 6. The number of carbonyl (C=O) groups is 1. The lowest BCUT2D eigenvalue weighted by atomic mass is 10.5. The summed E-state index contributed by atoms with van der Waals surface area (Å²) in [6.07, 6.45) is 0.725. The van der Waals surface area contributed by atoms with Gasteiger partial charge in [0.25, 0.3) is 0 Å². The summed E-state index contributed by atoms with van der Waals surface area (Å²) in [6.45, 7) is 4.48. The van der Waals surface area contributed by atoms with Crippen LogP contribution in [0.15, 0.2) is 16.3 Å². The largest absolute Gasteiger partial charge is 0.477 e. The third-order valence-electron chi connectivity index (χ3n) is 2.25. The highest BCUT2D eigenvalue weighted by Crippen LogP contribution is 2.22. The molecule has 5 nitrogen and oxygen atoms in total. The zero-order chi connectivity index (χ0) is 13.1. The number of aromatic carboxylic acids is 1. The van der Waals surface area contributed by atoms with E-state index < -0.39 is 16.0 Å². The molecular weight excluding hydrogens is 262 g/mol. The van der Waals surface area contributed by atoms with Gasteiger partial charge >= 0.3 is 5.97 Å². The molecule has 0 aliphatic carbocycles. The first-order chi connectivity index (χ1) is 7.93. The van der Waals surface area contributed by atoms with Crippen molar-refractivity contribution in [2.45, 2.75) is 25.2 Å². The molecule has 7 heteroatoms. The number of sulfonamides is 1. The zero-order valence-corrected chi connectivity index (χ0v) is 11.3. The number of thiophene rings is 1. The van der Waals surface area contributed by atoms with E-state index >= 15 is 0 Å². The van der Waals surface area contributed by atoms with Crippen LogP contribution < -0.4 is 0 Å². The maximum atomic E-state index is 12.1. The molecule has 0 amide bonds. The van der Waals surface area contributed by atoms with Gasteiger partial charge in [0.1, 0.15) is 4.88 Å². The number of hydrogen-bond acceptors (Lipinski definition) is 4. The molecule has 1 heterocycles. The summed E-state index contributed by atoms with van der Waals surface area (Å²) >= 11 is 0.925. The molecule has 0 radical (unpaired) electrons. The van der Waals surface area contributed by atoms with Crippen molar-refractivity contribution < 1.29 is 18.3 Å². The van der Waals surface area contributed by atoms with Gasteiger partial charge in [0, 0.05) is 18.5 Å². The molecule has 1 aromatic rings.